The third-order valence-electron chi connectivity index (χ3n) is 6.46. The number of carbonyl (C=O) groups excluding carboxylic acids is 2. The summed E-state index contributed by atoms with van der Waals surface area (Å²) in [5.41, 5.74) is 4.00. The quantitative estimate of drug-likeness (QED) is 0.334. The van der Waals surface area contributed by atoms with Crippen LogP contribution in [0.2, 0.25) is 5.02 Å². The van der Waals surface area contributed by atoms with E-state index in [2.05, 4.69) is 19.2 Å². The number of esters is 1. The molecule has 178 valence electrons. The Bertz CT molecular complexity index is 1300. The highest BCUT2D eigenvalue weighted by Crippen LogP contribution is 2.48. The van der Waals surface area contributed by atoms with Crippen molar-refractivity contribution < 1.29 is 14.3 Å². The summed E-state index contributed by atoms with van der Waals surface area (Å²) in [6.07, 6.45) is 1.17. The number of allylic oxidation sites excluding steroid dienone is 1. The van der Waals surface area contributed by atoms with Crippen LogP contribution in [0.5, 0.6) is 5.75 Å². The van der Waals surface area contributed by atoms with E-state index in [1.165, 1.54) is 0 Å². The lowest BCUT2D eigenvalue weighted by molar-refractivity contribution is -0.133. The Balaban J connectivity index is 1.64. The van der Waals surface area contributed by atoms with Crippen molar-refractivity contribution in [2.75, 3.05) is 16.8 Å². The van der Waals surface area contributed by atoms with E-state index in [-0.39, 0.29) is 17.7 Å². The topological polar surface area (TPSA) is 58.6 Å². The lowest BCUT2D eigenvalue weighted by Crippen LogP contribution is -2.39. The van der Waals surface area contributed by atoms with Gasteiger partial charge in [-0.25, -0.2) is 4.79 Å². The normalized spacial score (nSPS) is 18.8. The molecule has 0 saturated carbocycles. The summed E-state index contributed by atoms with van der Waals surface area (Å²) in [6, 6.07) is 23.9. The average molecular weight is 487 g/mol. The van der Waals surface area contributed by atoms with Gasteiger partial charge in [0.15, 0.2) is 5.78 Å². The molecule has 0 unspecified atom stereocenters. The predicted molar refractivity (Wildman–Crippen MR) is 139 cm³/mol. The number of benzene rings is 3. The molecule has 0 aromatic heterocycles. The number of nitrogens with zero attached hydrogens (tertiary/aromatic N) is 1. The van der Waals surface area contributed by atoms with Crippen LogP contribution < -0.4 is 15.0 Å². The molecule has 2 aliphatic rings. The van der Waals surface area contributed by atoms with Crippen LogP contribution in [0.15, 0.2) is 90.1 Å². The monoisotopic (exact) mass is 486 g/mol. The third-order valence-corrected chi connectivity index (χ3v) is 6.72. The minimum atomic E-state index is -0.467. The number of ether oxygens (including phenoxy) is 1. The van der Waals surface area contributed by atoms with Crippen molar-refractivity contribution in [1.82, 2.24) is 0 Å². The number of carbonyl (C=O) groups is 2. The number of para-hydroxylation sites is 3. The lowest BCUT2D eigenvalue weighted by atomic mass is 9.73. The van der Waals surface area contributed by atoms with Gasteiger partial charge in [-0.3, -0.25) is 4.79 Å². The van der Waals surface area contributed by atoms with Gasteiger partial charge in [0.2, 0.25) is 0 Å². The van der Waals surface area contributed by atoms with Crippen LogP contribution in [0, 0.1) is 5.41 Å². The maximum atomic E-state index is 13.7. The summed E-state index contributed by atoms with van der Waals surface area (Å²) in [4.78, 5) is 28.8. The first-order valence-corrected chi connectivity index (χ1v) is 12.1. The Hall–Kier alpha value is -3.57. The molecule has 1 aliphatic carbocycles. The molecular weight excluding hydrogens is 460 g/mol. The second-order valence-corrected chi connectivity index (χ2v) is 10.3. The lowest BCUT2D eigenvalue weighted by Gasteiger charge is -2.37. The second kappa shape index (κ2) is 9.23. The van der Waals surface area contributed by atoms with E-state index in [1.807, 2.05) is 71.6 Å². The highest BCUT2D eigenvalue weighted by Gasteiger charge is 2.42. The number of Topliss-reactive ketones (excluding diaryl/α,β-unsaturated/α-hetero) is 1. The number of ketones is 1. The van der Waals surface area contributed by atoms with Crippen molar-refractivity contribution in [1.29, 1.82) is 0 Å². The Kier molecular flexibility index (Phi) is 6.12. The molecule has 35 heavy (non-hydrogen) atoms. The molecule has 1 aliphatic heterocycles. The van der Waals surface area contributed by atoms with E-state index < -0.39 is 12.0 Å². The minimum absolute atomic E-state index is 0.0334. The van der Waals surface area contributed by atoms with Crippen LogP contribution in [-0.2, 0) is 9.59 Å². The van der Waals surface area contributed by atoms with Gasteiger partial charge in [-0.1, -0.05) is 67.9 Å². The number of fused-ring (bicyclic) bond motifs is 1. The van der Waals surface area contributed by atoms with Crippen LogP contribution in [0.3, 0.4) is 0 Å². The highest BCUT2D eigenvalue weighted by molar-refractivity contribution is 6.30. The average Bonchev–Trinajstić information content (AvgIpc) is 2.94. The summed E-state index contributed by atoms with van der Waals surface area (Å²) in [5.74, 6) is 0.160. The van der Waals surface area contributed by atoms with Crippen molar-refractivity contribution in [3.05, 3.63) is 101 Å². The Morgan fingerprint density at radius 3 is 2.43 bits per heavy atom. The van der Waals surface area contributed by atoms with Gasteiger partial charge in [0.25, 0.3) is 0 Å². The highest BCUT2D eigenvalue weighted by atomic mass is 35.5. The zero-order valence-corrected chi connectivity index (χ0v) is 20.5. The number of rotatable bonds is 4. The summed E-state index contributed by atoms with van der Waals surface area (Å²) < 4.78 is 5.65. The first-order valence-electron chi connectivity index (χ1n) is 11.7. The van der Waals surface area contributed by atoms with Gasteiger partial charge in [-0.2, -0.15) is 0 Å². The van der Waals surface area contributed by atoms with Gasteiger partial charge >= 0.3 is 5.97 Å². The molecule has 3 aromatic carbocycles. The van der Waals surface area contributed by atoms with Crippen LogP contribution in [0.1, 0.15) is 38.3 Å². The molecule has 0 bridgehead atoms. The van der Waals surface area contributed by atoms with Gasteiger partial charge in [0, 0.05) is 22.7 Å². The summed E-state index contributed by atoms with van der Waals surface area (Å²) in [7, 11) is 0. The van der Waals surface area contributed by atoms with Crippen molar-refractivity contribution in [2.45, 2.75) is 32.7 Å². The first kappa shape index (κ1) is 23.2. The van der Waals surface area contributed by atoms with Crippen molar-refractivity contribution in [3.8, 4) is 5.75 Å². The fourth-order valence-electron chi connectivity index (χ4n) is 5.01. The van der Waals surface area contributed by atoms with E-state index in [1.54, 1.807) is 12.1 Å². The number of halogens is 1. The molecule has 0 amide bonds. The second-order valence-electron chi connectivity index (χ2n) is 9.84. The SMILES string of the molecule is CC1(C)CC(=O)C2=C(C1)Nc1ccccc1N(CC(=O)Oc1ccccc1)[C@H]2c1ccc(Cl)cc1. The number of hydrogen-bond acceptors (Lipinski definition) is 5. The molecule has 3 aromatic rings. The molecule has 1 N–H and O–H groups in total. The largest absolute Gasteiger partial charge is 0.425 e. The maximum absolute atomic E-state index is 13.7. The molecule has 0 saturated heterocycles. The fourth-order valence-corrected chi connectivity index (χ4v) is 5.14. The van der Waals surface area contributed by atoms with E-state index in [4.69, 9.17) is 16.3 Å². The van der Waals surface area contributed by atoms with E-state index in [0.717, 1.165) is 29.1 Å². The number of hydrogen-bond donors (Lipinski definition) is 1. The van der Waals surface area contributed by atoms with E-state index >= 15 is 0 Å². The van der Waals surface area contributed by atoms with Crippen LogP contribution in [-0.4, -0.2) is 18.3 Å². The van der Waals surface area contributed by atoms with Crippen molar-refractivity contribution in [3.63, 3.8) is 0 Å². The molecule has 6 heteroatoms. The fraction of sp³-hybridized carbons (Fsp3) is 0.241. The molecule has 1 heterocycles. The molecule has 1 atom stereocenters. The summed E-state index contributed by atoms with van der Waals surface area (Å²) in [5, 5.41) is 4.16. The van der Waals surface area contributed by atoms with Crippen molar-refractivity contribution in [2.24, 2.45) is 5.41 Å². The van der Waals surface area contributed by atoms with E-state index in [9.17, 15) is 9.59 Å². The maximum Gasteiger partial charge on any atom is 0.330 e. The molecule has 0 spiro atoms. The zero-order chi connectivity index (χ0) is 24.6. The molecule has 5 nitrogen and oxygen atoms in total. The van der Waals surface area contributed by atoms with Gasteiger partial charge in [0.05, 0.1) is 17.4 Å². The van der Waals surface area contributed by atoms with Gasteiger partial charge < -0.3 is 15.0 Å². The molecule has 0 fully saturated rings. The van der Waals surface area contributed by atoms with Gasteiger partial charge in [-0.15, -0.1) is 0 Å². The predicted octanol–water partition coefficient (Wildman–Crippen LogP) is 6.56. The number of nitrogens with one attached hydrogen (secondary N) is 1. The van der Waals surface area contributed by atoms with Crippen LogP contribution >= 0.6 is 11.6 Å². The smallest absolute Gasteiger partial charge is 0.330 e. The summed E-state index contributed by atoms with van der Waals surface area (Å²) >= 11 is 6.20. The molecule has 5 rings (SSSR count). The summed E-state index contributed by atoms with van der Waals surface area (Å²) in [6.45, 7) is 4.19. The van der Waals surface area contributed by atoms with Crippen molar-refractivity contribution >= 4 is 34.7 Å². The zero-order valence-electron chi connectivity index (χ0n) is 19.8. The van der Waals surface area contributed by atoms with Crippen LogP contribution in [0.25, 0.3) is 0 Å². The Morgan fingerprint density at radius 1 is 1.00 bits per heavy atom. The molecule has 0 radical (unpaired) electrons. The Labute approximate surface area is 210 Å². The first-order chi connectivity index (χ1) is 16.8. The number of anilines is 2. The third kappa shape index (κ3) is 4.82. The van der Waals surface area contributed by atoms with Gasteiger partial charge in [-0.05, 0) is 53.8 Å². The van der Waals surface area contributed by atoms with E-state index in [0.29, 0.717) is 22.8 Å². The minimum Gasteiger partial charge on any atom is -0.425 e. The standard InChI is InChI=1S/C29H27ClN2O3/c1-29(2)16-23-27(25(33)17-29)28(19-12-14-20(30)15-13-19)32(24-11-7-6-10-22(24)31-23)18-26(34)35-21-8-4-3-5-9-21/h3-15,28,31H,16-18H2,1-2H3/t28-/m0/s1. The molecular formula is C29H27ClN2O3. The Morgan fingerprint density at radius 2 is 1.69 bits per heavy atom. The van der Waals surface area contributed by atoms with Gasteiger partial charge in [0.1, 0.15) is 12.3 Å². The van der Waals surface area contributed by atoms with Crippen LogP contribution in [0.4, 0.5) is 11.4 Å².